The molecule has 0 radical (unpaired) electrons. The van der Waals surface area contributed by atoms with Crippen LogP contribution in [0.5, 0.6) is 0 Å². The van der Waals surface area contributed by atoms with Crippen molar-refractivity contribution >= 4 is 38.4 Å². The molecule has 1 aromatic heterocycles. The zero-order valence-electron chi connectivity index (χ0n) is 12.0. The lowest BCUT2D eigenvalue weighted by Gasteiger charge is -2.14. The first-order valence-electron chi connectivity index (χ1n) is 6.78. The summed E-state index contributed by atoms with van der Waals surface area (Å²) in [6.45, 7) is 0. The number of halogens is 3. The maximum absolute atomic E-state index is 12.9. The maximum atomic E-state index is 12.9. The molecule has 124 valence electrons. The third kappa shape index (κ3) is 3.57. The van der Waals surface area contributed by atoms with Gasteiger partial charge in [0.1, 0.15) is 0 Å². The third-order valence-electron chi connectivity index (χ3n) is 3.06. The van der Waals surface area contributed by atoms with Crippen molar-refractivity contribution in [3.63, 3.8) is 0 Å². The van der Waals surface area contributed by atoms with Crippen LogP contribution < -0.4 is 16.2 Å². The van der Waals surface area contributed by atoms with E-state index in [4.69, 9.17) is 0 Å². The number of benzene rings is 2. The highest BCUT2D eigenvalue weighted by molar-refractivity contribution is 7.22. The van der Waals surface area contributed by atoms with Crippen molar-refractivity contribution in [2.24, 2.45) is 0 Å². The minimum absolute atomic E-state index is 0.325. The van der Waals surface area contributed by atoms with E-state index in [2.05, 4.69) is 21.2 Å². The number of nitrogens with zero attached hydrogens (tertiary/aromatic N) is 1. The summed E-state index contributed by atoms with van der Waals surface area (Å²) < 4.78 is 39.5. The molecule has 3 aromatic rings. The Kier molecular flexibility index (Phi) is 4.26. The quantitative estimate of drug-likeness (QED) is 0.610. The highest BCUT2D eigenvalue weighted by Crippen LogP contribution is 2.34. The number of hydrogen-bond acceptors (Lipinski definition) is 4. The van der Waals surface area contributed by atoms with Gasteiger partial charge in [0.25, 0.3) is 0 Å². The molecule has 0 atom stereocenters. The lowest BCUT2D eigenvalue weighted by atomic mass is 10.1. The van der Waals surface area contributed by atoms with Crippen molar-refractivity contribution in [3.05, 3.63) is 54.1 Å². The molecule has 9 heteroatoms. The van der Waals surface area contributed by atoms with Gasteiger partial charge >= 0.3 is 12.2 Å². The Morgan fingerprint density at radius 3 is 2.50 bits per heavy atom. The van der Waals surface area contributed by atoms with Crippen molar-refractivity contribution in [3.8, 4) is 0 Å². The van der Waals surface area contributed by atoms with Gasteiger partial charge in [-0.05, 0) is 24.3 Å². The molecule has 3 rings (SSSR count). The van der Waals surface area contributed by atoms with Crippen LogP contribution in [0.15, 0.2) is 48.5 Å². The first-order chi connectivity index (χ1) is 11.4. The highest BCUT2D eigenvalue weighted by Gasteiger charge is 2.33. The van der Waals surface area contributed by atoms with Crippen LogP contribution in [0.4, 0.5) is 28.8 Å². The standard InChI is InChI=1S/C15H11F3N4OS/c16-15(17,18)9-5-1-2-6-10(9)19-13(23)21-22-14-20-11-7-3-4-8-12(11)24-14/h1-8H,(H,20,22)(H2,19,21,23). The Bertz CT molecular complexity index is 845. The zero-order valence-corrected chi connectivity index (χ0v) is 12.8. The minimum atomic E-state index is -4.55. The van der Waals surface area contributed by atoms with E-state index in [0.29, 0.717) is 5.13 Å². The summed E-state index contributed by atoms with van der Waals surface area (Å²) in [5.74, 6) is 0. The molecule has 0 bridgehead atoms. The molecule has 5 nitrogen and oxygen atoms in total. The lowest BCUT2D eigenvalue weighted by molar-refractivity contribution is -0.136. The largest absolute Gasteiger partial charge is 0.418 e. The van der Waals surface area contributed by atoms with E-state index >= 15 is 0 Å². The van der Waals surface area contributed by atoms with Gasteiger partial charge in [-0.2, -0.15) is 13.2 Å². The van der Waals surface area contributed by atoms with Crippen LogP contribution >= 0.6 is 11.3 Å². The maximum Gasteiger partial charge on any atom is 0.418 e. The number of thiazole rings is 1. The second kappa shape index (κ2) is 6.36. The van der Waals surface area contributed by atoms with Crippen LogP contribution in [0.1, 0.15) is 5.56 Å². The molecule has 3 N–H and O–H groups in total. The summed E-state index contributed by atoms with van der Waals surface area (Å²) in [7, 11) is 0. The first-order valence-corrected chi connectivity index (χ1v) is 7.60. The van der Waals surface area contributed by atoms with E-state index in [1.807, 2.05) is 24.3 Å². The topological polar surface area (TPSA) is 66.0 Å². The van der Waals surface area contributed by atoms with E-state index in [-0.39, 0.29) is 5.69 Å². The number of hydrogen-bond donors (Lipinski definition) is 3. The molecule has 2 aromatic carbocycles. The van der Waals surface area contributed by atoms with Crippen molar-refractivity contribution in [1.82, 2.24) is 10.4 Å². The predicted molar refractivity (Wildman–Crippen MR) is 86.8 cm³/mol. The minimum Gasteiger partial charge on any atom is -0.306 e. The summed E-state index contributed by atoms with van der Waals surface area (Å²) in [5, 5.41) is 2.59. The van der Waals surface area contributed by atoms with Gasteiger partial charge in [0.2, 0.25) is 5.13 Å². The summed E-state index contributed by atoms with van der Waals surface area (Å²) in [4.78, 5) is 16.0. The number of fused-ring (bicyclic) bond motifs is 1. The summed E-state index contributed by atoms with van der Waals surface area (Å²) in [5.41, 5.74) is 4.36. The molecule has 24 heavy (non-hydrogen) atoms. The molecule has 0 saturated carbocycles. The number of carbonyl (C=O) groups is 1. The van der Waals surface area contributed by atoms with Crippen LogP contribution in [-0.4, -0.2) is 11.0 Å². The van der Waals surface area contributed by atoms with E-state index in [9.17, 15) is 18.0 Å². The van der Waals surface area contributed by atoms with Gasteiger partial charge in [-0.15, -0.1) is 0 Å². The van der Waals surface area contributed by atoms with Gasteiger partial charge in [-0.3, -0.25) is 5.43 Å². The fraction of sp³-hybridized carbons (Fsp3) is 0.0667. The van der Waals surface area contributed by atoms with Crippen LogP contribution in [0, 0.1) is 0 Å². The third-order valence-corrected chi connectivity index (χ3v) is 4.01. The van der Waals surface area contributed by atoms with Gasteiger partial charge in [-0.1, -0.05) is 35.6 Å². The van der Waals surface area contributed by atoms with Crippen LogP contribution in [0.2, 0.25) is 0 Å². The Labute approximate surface area is 138 Å². The normalized spacial score (nSPS) is 11.3. The summed E-state index contributed by atoms with van der Waals surface area (Å²) in [6, 6.07) is 11.3. The monoisotopic (exact) mass is 352 g/mol. The second-order valence-corrected chi connectivity index (χ2v) is 5.76. The number of anilines is 2. The highest BCUT2D eigenvalue weighted by atomic mass is 32.1. The Balaban J connectivity index is 1.66. The molecule has 0 aliphatic heterocycles. The van der Waals surface area contributed by atoms with E-state index < -0.39 is 17.8 Å². The van der Waals surface area contributed by atoms with Crippen LogP contribution in [-0.2, 0) is 6.18 Å². The number of rotatable bonds is 3. The second-order valence-electron chi connectivity index (χ2n) is 4.73. The van der Waals surface area contributed by atoms with Crippen molar-refractivity contribution in [2.75, 3.05) is 10.7 Å². The van der Waals surface area contributed by atoms with Crippen molar-refractivity contribution < 1.29 is 18.0 Å². The van der Waals surface area contributed by atoms with Crippen LogP contribution in [0.25, 0.3) is 10.2 Å². The summed E-state index contributed by atoms with van der Waals surface area (Å²) in [6.07, 6.45) is -4.55. The summed E-state index contributed by atoms with van der Waals surface area (Å²) >= 11 is 1.31. The number of alkyl halides is 3. The van der Waals surface area contributed by atoms with Gasteiger partial charge in [0, 0.05) is 0 Å². The van der Waals surface area contributed by atoms with E-state index in [1.54, 1.807) is 0 Å². The SMILES string of the molecule is O=C(NNc1nc2ccccc2s1)Nc1ccccc1C(F)(F)F. The molecule has 1 heterocycles. The smallest absolute Gasteiger partial charge is 0.306 e. The number of urea groups is 1. The molecular formula is C15H11F3N4OS. The molecule has 0 aliphatic rings. The van der Waals surface area contributed by atoms with Gasteiger partial charge in [0.15, 0.2) is 0 Å². The average Bonchev–Trinajstić information content (AvgIpc) is 2.95. The number of amides is 2. The number of nitrogens with one attached hydrogen (secondary N) is 3. The number of hydrazine groups is 1. The zero-order chi connectivity index (χ0) is 17.2. The molecule has 0 fully saturated rings. The first kappa shape index (κ1) is 16.1. The van der Waals surface area contributed by atoms with Gasteiger partial charge in [-0.25, -0.2) is 15.2 Å². The van der Waals surface area contributed by atoms with E-state index in [1.165, 1.54) is 29.5 Å². The molecule has 0 saturated heterocycles. The van der Waals surface area contributed by atoms with Crippen molar-refractivity contribution in [2.45, 2.75) is 6.18 Å². The number of para-hydroxylation sites is 2. The Morgan fingerprint density at radius 2 is 1.75 bits per heavy atom. The number of carbonyl (C=O) groups excluding carboxylic acids is 1. The molecule has 0 aliphatic carbocycles. The average molecular weight is 352 g/mol. The van der Waals surface area contributed by atoms with E-state index in [0.717, 1.165) is 16.3 Å². The van der Waals surface area contributed by atoms with Crippen molar-refractivity contribution in [1.29, 1.82) is 0 Å². The lowest BCUT2D eigenvalue weighted by Crippen LogP contribution is -2.34. The fourth-order valence-electron chi connectivity index (χ4n) is 2.03. The predicted octanol–water partition coefficient (Wildman–Crippen LogP) is 4.46. The Morgan fingerprint density at radius 1 is 1.04 bits per heavy atom. The molecular weight excluding hydrogens is 341 g/mol. The Hall–Kier alpha value is -2.81. The number of aromatic nitrogens is 1. The van der Waals surface area contributed by atoms with Crippen LogP contribution in [0.3, 0.4) is 0 Å². The van der Waals surface area contributed by atoms with Gasteiger partial charge < -0.3 is 5.32 Å². The van der Waals surface area contributed by atoms with Gasteiger partial charge in [0.05, 0.1) is 21.5 Å². The fourth-order valence-corrected chi connectivity index (χ4v) is 2.85. The molecule has 0 spiro atoms. The molecule has 2 amide bonds. The molecule has 0 unspecified atom stereocenters.